The lowest BCUT2D eigenvalue weighted by atomic mass is 10.1. The van der Waals surface area contributed by atoms with Gasteiger partial charge in [-0.1, -0.05) is 37.3 Å². The van der Waals surface area contributed by atoms with E-state index in [9.17, 15) is 0 Å². The van der Waals surface area contributed by atoms with E-state index in [1.807, 2.05) is 12.1 Å². The van der Waals surface area contributed by atoms with E-state index in [2.05, 4.69) is 42.2 Å². The normalized spacial score (nSPS) is 13.6. The summed E-state index contributed by atoms with van der Waals surface area (Å²) in [5, 5.41) is 0. The van der Waals surface area contributed by atoms with Gasteiger partial charge in [-0.3, -0.25) is 0 Å². The lowest BCUT2D eigenvalue weighted by molar-refractivity contribution is 0.835. The molecule has 0 saturated carbocycles. The van der Waals surface area contributed by atoms with Crippen LogP contribution < -0.4 is 10.6 Å². The predicted octanol–water partition coefficient (Wildman–Crippen LogP) is 3.39. The van der Waals surface area contributed by atoms with Crippen molar-refractivity contribution >= 4 is 11.4 Å². The molecule has 0 fully saturated rings. The van der Waals surface area contributed by atoms with Crippen molar-refractivity contribution in [1.82, 2.24) is 0 Å². The fourth-order valence-electron chi connectivity index (χ4n) is 2.79. The molecule has 1 aliphatic rings. The first kappa shape index (κ1) is 12.1. The van der Waals surface area contributed by atoms with Gasteiger partial charge in [-0.2, -0.15) is 0 Å². The summed E-state index contributed by atoms with van der Waals surface area (Å²) >= 11 is 0. The molecule has 2 heteroatoms. The van der Waals surface area contributed by atoms with Gasteiger partial charge in [0, 0.05) is 30.0 Å². The summed E-state index contributed by atoms with van der Waals surface area (Å²) < 4.78 is 0. The van der Waals surface area contributed by atoms with Gasteiger partial charge in [-0.25, -0.2) is 0 Å². The van der Waals surface area contributed by atoms with Gasteiger partial charge < -0.3 is 10.6 Å². The maximum absolute atomic E-state index is 6.04. The second-order valence-corrected chi connectivity index (χ2v) is 5.19. The third-order valence-corrected chi connectivity index (χ3v) is 3.96. The monoisotopic (exact) mass is 252 g/mol. The summed E-state index contributed by atoms with van der Waals surface area (Å²) in [5.74, 6) is 0. The van der Waals surface area contributed by atoms with Gasteiger partial charge in [0.1, 0.15) is 0 Å². The van der Waals surface area contributed by atoms with Gasteiger partial charge in [0.05, 0.1) is 0 Å². The number of nitrogens with two attached hydrogens (primary N) is 1. The van der Waals surface area contributed by atoms with Crippen molar-refractivity contribution in [3.05, 3.63) is 59.2 Å². The summed E-state index contributed by atoms with van der Waals surface area (Å²) in [7, 11) is 0. The number of hydrogen-bond donors (Lipinski definition) is 1. The SMILES string of the molecule is CCc1ccc(CN2CCc3c(N)cccc32)cc1. The van der Waals surface area contributed by atoms with Gasteiger partial charge in [0.2, 0.25) is 0 Å². The summed E-state index contributed by atoms with van der Waals surface area (Å²) in [6.45, 7) is 4.23. The number of hydrogen-bond acceptors (Lipinski definition) is 2. The number of aryl methyl sites for hydroxylation is 1. The lowest BCUT2D eigenvalue weighted by Crippen LogP contribution is -2.19. The third kappa shape index (κ3) is 2.30. The van der Waals surface area contributed by atoms with Crippen LogP contribution in [0.4, 0.5) is 11.4 Å². The second kappa shape index (κ2) is 4.96. The zero-order chi connectivity index (χ0) is 13.2. The van der Waals surface area contributed by atoms with Crippen LogP contribution in [0.1, 0.15) is 23.6 Å². The summed E-state index contributed by atoms with van der Waals surface area (Å²) in [6.07, 6.45) is 2.17. The maximum atomic E-state index is 6.04. The minimum Gasteiger partial charge on any atom is -0.398 e. The summed E-state index contributed by atoms with van der Waals surface area (Å²) in [5.41, 5.74) is 12.4. The molecule has 3 rings (SSSR count). The molecule has 0 spiro atoms. The van der Waals surface area contributed by atoms with Crippen molar-refractivity contribution in [3.8, 4) is 0 Å². The Balaban J connectivity index is 1.80. The molecular formula is C17H20N2. The van der Waals surface area contributed by atoms with Gasteiger partial charge in [0.25, 0.3) is 0 Å². The zero-order valence-corrected chi connectivity index (χ0v) is 11.4. The highest BCUT2D eigenvalue weighted by molar-refractivity contribution is 5.68. The van der Waals surface area contributed by atoms with Crippen LogP contribution in [0.5, 0.6) is 0 Å². The Kier molecular flexibility index (Phi) is 3.16. The highest BCUT2D eigenvalue weighted by Crippen LogP contribution is 2.32. The van der Waals surface area contributed by atoms with Gasteiger partial charge in [-0.15, -0.1) is 0 Å². The Labute approximate surface area is 114 Å². The second-order valence-electron chi connectivity index (χ2n) is 5.19. The highest BCUT2D eigenvalue weighted by atomic mass is 15.1. The number of benzene rings is 2. The maximum Gasteiger partial charge on any atom is 0.0429 e. The molecule has 0 atom stereocenters. The van der Waals surface area contributed by atoms with E-state index >= 15 is 0 Å². The van der Waals surface area contributed by atoms with Crippen LogP contribution in [0.15, 0.2) is 42.5 Å². The largest absolute Gasteiger partial charge is 0.398 e. The van der Waals surface area contributed by atoms with E-state index in [0.29, 0.717) is 0 Å². The fraction of sp³-hybridized carbons (Fsp3) is 0.294. The van der Waals surface area contributed by atoms with E-state index in [0.717, 1.165) is 31.6 Å². The van der Waals surface area contributed by atoms with Crippen molar-refractivity contribution in [1.29, 1.82) is 0 Å². The molecule has 1 aliphatic heterocycles. The number of anilines is 2. The van der Waals surface area contributed by atoms with Crippen LogP contribution >= 0.6 is 0 Å². The summed E-state index contributed by atoms with van der Waals surface area (Å²) in [6, 6.07) is 15.2. The molecule has 2 aromatic carbocycles. The van der Waals surface area contributed by atoms with Crippen molar-refractivity contribution in [3.63, 3.8) is 0 Å². The average molecular weight is 252 g/mol. The number of nitrogens with zero attached hydrogens (tertiary/aromatic N) is 1. The smallest absolute Gasteiger partial charge is 0.0429 e. The minimum atomic E-state index is 0.932. The molecule has 19 heavy (non-hydrogen) atoms. The Bertz CT molecular complexity index is 572. The molecule has 0 aliphatic carbocycles. The van der Waals surface area contributed by atoms with Crippen molar-refractivity contribution in [2.24, 2.45) is 0 Å². The van der Waals surface area contributed by atoms with Crippen LogP contribution in [0.25, 0.3) is 0 Å². The van der Waals surface area contributed by atoms with Crippen LogP contribution in [0, 0.1) is 0 Å². The summed E-state index contributed by atoms with van der Waals surface area (Å²) in [4.78, 5) is 2.42. The third-order valence-electron chi connectivity index (χ3n) is 3.96. The van der Waals surface area contributed by atoms with Crippen LogP contribution in [0.3, 0.4) is 0 Å². The van der Waals surface area contributed by atoms with Crippen molar-refractivity contribution in [2.45, 2.75) is 26.3 Å². The Morgan fingerprint density at radius 3 is 2.53 bits per heavy atom. The molecule has 2 N–H and O–H groups in total. The van der Waals surface area contributed by atoms with E-state index in [4.69, 9.17) is 5.73 Å². The molecule has 0 aromatic heterocycles. The first-order valence-corrected chi connectivity index (χ1v) is 6.98. The predicted molar refractivity (Wildman–Crippen MR) is 81.4 cm³/mol. The molecular weight excluding hydrogens is 232 g/mol. The van der Waals surface area contributed by atoms with Crippen molar-refractivity contribution in [2.75, 3.05) is 17.2 Å². The van der Waals surface area contributed by atoms with Gasteiger partial charge in [-0.05, 0) is 36.1 Å². The molecule has 98 valence electrons. The quantitative estimate of drug-likeness (QED) is 0.848. The van der Waals surface area contributed by atoms with Crippen LogP contribution in [0.2, 0.25) is 0 Å². The molecule has 0 unspecified atom stereocenters. The minimum absolute atomic E-state index is 0.932. The van der Waals surface area contributed by atoms with E-state index in [1.54, 1.807) is 0 Å². The van der Waals surface area contributed by atoms with Crippen LogP contribution in [-0.4, -0.2) is 6.54 Å². The Morgan fingerprint density at radius 2 is 1.79 bits per heavy atom. The first-order chi connectivity index (χ1) is 9.28. The molecule has 0 radical (unpaired) electrons. The lowest BCUT2D eigenvalue weighted by Gasteiger charge is -2.19. The topological polar surface area (TPSA) is 29.3 Å². The van der Waals surface area contributed by atoms with E-state index < -0.39 is 0 Å². The number of rotatable bonds is 3. The molecule has 0 amide bonds. The van der Waals surface area contributed by atoms with E-state index in [-0.39, 0.29) is 0 Å². The number of nitrogen functional groups attached to an aromatic ring is 1. The van der Waals surface area contributed by atoms with Crippen LogP contribution in [-0.2, 0) is 19.4 Å². The zero-order valence-electron chi connectivity index (χ0n) is 11.4. The van der Waals surface area contributed by atoms with Crippen molar-refractivity contribution < 1.29 is 0 Å². The van der Waals surface area contributed by atoms with Gasteiger partial charge in [0.15, 0.2) is 0 Å². The molecule has 0 bridgehead atoms. The number of fused-ring (bicyclic) bond motifs is 1. The first-order valence-electron chi connectivity index (χ1n) is 6.98. The Hall–Kier alpha value is -1.96. The fourth-order valence-corrected chi connectivity index (χ4v) is 2.79. The molecule has 1 heterocycles. The molecule has 0 saturated heterocycles. The Morgan fingerprint density at radius 1 is 1.05 bits per heavy atom. The highest BCUT2D eigenvalue weighted by Gasteiger charge is 2.20. The van der Waals surface area contributed by atoms with E-state index in [1.165, 1.54) is 22.4 Å². The standard InChI is InChI=1S/C17H20N2/c1-2-13-6-8-14(9-7-13)12-19-11-10-15-16(18)4-3-5-17(15)19/h3-9H,2,10-12,18H2,1H3. The molecule has 2 aromatic rings. The molecule has 2 nitrogen and oxygen atoms in total. The average Bonchev–Trinajstić information content (AvgIpc) is 2.84. The van der Waals surface area contributed by atoms with Gasteiger partial charge >= 0.3 is 0 Å².